The van der Waals surface area contributed by atoms with E-state index in [-0.39, 0.29) is 25.9 Å². The van der Waals surface area contributed by atoms with Gasteiger partial charge in [-0.05, 0) is 61.7 Å². The van der Waals surface area contributed by atoms with Crippen LogP contribution in [0.1, 0.15) is 43.6 Å². The number of carbonyl (C=O) groups excluding carboxylic acids is 3. The molecule has 0 radical (unpaired) electrons. The second-order valence-corrected chi connectivity index (χ2v) is 8.23. The van der Waals surface area contributed by atoms with Crippen LogP contribution >= 0.6 is 0 Å². The van der Waals surface area contributed by atoms with Gasteiger partial charge in [0.15, 0.2) is 29.6 Å². The number of nitrogens with zero attached hydrogens (tertiary/aromatic N) is 1. The quantitative estimate of drug-likeness (QED) is 0.251. The lowest BCUT2D eigenvalue weighted by molar-refractivity contribution is -0.145. The molecule has 0 aromatic heterocycles. The Bertz CT molecular complexity index is 1150. The molecule has 11 heteroatoms. The van der Waals surface area contributed by atoms with Gasteiger partial charge in [-0.2, -0.15) is 5.10 Å². The van der Waals surface area contributed by atoms with Crippen molar-refractivity contribution >= 4 is 24.0 Å². The van der Waals surface area contributed by atoms with Crippen molar-refractivity contribution in [3.8, 4) is 23.0 Å². The minimum Gasteiger partial charge on any atom is -0.490 e. The molecule has 1 heterocycles. The van der Waals surface area contributed by atoms with E-state index in [1.165, 1.54) is 6.21 Å². The Balaban J connectivity index is 1.61. The molecule has 198 valence electrons. The number of benzene rings is 2. The molecule has 1 unspecified atom stereocenters. The molecule has 11 nitrogen and oxygen atoms in total. The summed E-state index contributed by atoms with van der Waals surface area (Å²) in [7, 11) is 0. The lowest BCUT2D eigenvalue weighted by Gasteiger charge is -2.20. The highest BCUT2D eigenvalue weighted by Gasteiger charge is 2.25. The summed E-state index contributed by atoms with van der Waals surface area (Å²) in [5.74, 6) is 0.259. The molecular formula is C26H31N3O8. The van der Waals surface area contributed by atoms with Gasteiger partial charge in [-0.3, -0.25) is 9.59 Å². The molecule has 0 bridgehead atoms. The SMILES string of the molecule is CCOC(=O)COc1ccc(C=NNC(=O)C(NC(=O)c2ccc3c(c2)OCO3)C(C)C)cc1OCC. The zero-order valence-electron chi connectivity index (χ0n) is 21.2. The molecule has 1 atom stereocenters. The van der Waals surface area contributed by atoms with Crippen molar-refractivity contribution in [1.82, 2.24) is 10.7 Å². The molecule has 0 spiro atoms. The van der Waals surface area contributed by atoms with Crippen molar-refractivity contribution in [1.29, 1.82) is 0 Å². The molecule has 0 saturated heterocycles. The molecule has 2 aromatic carbocycles. The average Bonchev–Trinajstić information content (AvgIpc) is 3.35. The number of carbonyl (C=O) groups is 3. The summed E-state index contributed by atoms with van der Waals surface area (Å²) in [5.41, 5.74) is 3.44. The van der Waals surface area contributed by atoms with Crippen LogP contribution in [0.3, 0.4) is 0 Å². The van der Waals surface area contributed by atoms with E-state index >= 15 is 0 Å². The molecule has 37 heavy (non-hydrogen) atoms. The van der Waals surface area contributed by atoms with Crippen molar-refractivity contribution in [2.24, 2.45) is 11.0 Å². The van der Waals surface area contributed by atoms with Crippen LogP contribution in [0.5, 0.6) is 23.0 Å². The van der Waals surface area contributed by atoms with Crippen molar-refractivity contribution in [2.45, 2.75) is 33.7 Å². The third kappa shape index (κ3) is 7.60. The Hall–Kier alpha value is -4.28. The Morgan fingerprint density at radius 1 is 1.00 bits per heavy atom. The van der Waals surface area contributed by atoms with Crippen LogP contribution in [0, 0.1) is 5.92 Å². The Labute approximate surface area is 215 Å². The third-order valence-corrected chi connectivity index (χ3v) is 5.18. The first kappa shape index (κ1) is 27.3. The lowest BCUT2D eigenvalue weighted by Crippen LogP contribution is -2.48. The van der Waals surface area contributed by atoms with Crippen molar-refractivity contribution in [2.75, 3.05) is 26.6 Å². The maximum absolute atomic E-state index is 12.8. The maximum Gasteiger partial charge on any atom is 0.344 e. The molecule has 2 amide bonds. The van der Waals surface area contributed by atoms with Crippen LogP contribution in [0.4, 0.5) is 0 Å². The molecule has 1 aliphatic rings. The second kappa shape index (κ2) is 13.1. The predicted molar refractivity (Wildman–Crippen MR) is 134 cm³/mol. The first-order valence-corrected chi connectivity index (χ1v) is 11.9. The van der Waals surface area contributed by atoms with Crippen molar-refractivity contribution < 1.29 is 38.1 Å². The summed E-state index contributed by atoms with van der Waals surface area (Å²) in [6, 6.07) is 8.99. The van der Waals surface area contributed by atoms with Gasteiger partial charge in [0.1, 0.15) is 6.04 Å². The monoisotopic (exact) mass is 513 g/mol. The van der Waals surface area contributed by atoms with Crippen molar-refractivity contribution in [3.63, 3.8) is 0 Å². The number of ether oxygens (including phenoxy) is 5. The van der Waals surface area contributed by atoms with Crippen LogP contribution in [-0.4, -0.2) is 56.7 Å². The third-order valence-electron chi connectivity index (χ3n) is 5.18. The van der Waals surface area contributed by atoms with Gasteiger partial charge in [-0.15, -0.1) is 0 Å². The first-order chi connectivity index (χ1) is 17.8. The van der Waals surface area contributed by atoms with Crippen LogP contribution in [0.25, 0.3) is 0 Å². The fourth-order valence-corrected chi connectivity index (χ4v) is 3.37. The molecular weight excluding hydrogens is 482 g/mol. The van der Waals surface area contributed by atoms with Gasteiger partial charge in [-0.1, -0.05) is 13.8 Å². The van der Waals surface area contributed by atoms with Gasteiger partial charge in [0.25, 0.3) is 11.8 Å². The fourth-order valence-electron chi connectivity index (χ4n) is 3.37. The summed E-state index contributed by atoms with van der Waals surface area (Å²) in [5, 5.41) is 6.76. The van der Waals surface area contributed by atoms with Crippen molar-refractivity contribution in [3.05, 3.63) is 47.5 Å². The number of nitrogens with one attached hydrogen (secondary N) is 2. The number of fused-ring (bicyclic) bond motifs is 1. The largest absolute Gasteiger partial charge is 0.490 e. The summed E-state index contributed by atoms with van der Waals surface area (Å²) in [6.45, 7) is 7.67. The highest BCUT2D eigenvalue weighted by molar-refractivity contribution is 5.98. The van der Waals surface area contributed by atoms with E-state index in [1.807, 2.05) is 20.8 Å². The molecule has 0 saturated carbocycles. The Morgan fingerprint density at radius 2 is 1.78 bits per heavy atom. The second-order valence-electron chi connectivity index (χ2n) is 8.23. The summed E-state index contributed by atoms with van der Waals surface area (Å²) >= 11 is 0. The smallest absolute Gasteiger partial charge is 0.344 e. The van der Waals surface area contributed by atoms with Crippen LogP contribution in [0.2, 0.25) is 0 Å². The predicted octanol–water partition coefficient (Wildman–Crippen LogP) is 2.66. The Morgan fingerprint density at radius 3 is 2.51 bits per heavy atom. The van der Waals surface area contributed by atoms with Gasteiger partial charge < -0.3 is 29.0 Å². The number of hydrazone groups is 1. The van der Waals surface area contributed by atoms with E-state index in [0.29, 0.717) is 40.7 Å². The molecule has 0 aliphatic carbocycles. The van der Waals surface area contributed by atoms with Gasteiger partial charge in [0, 0.05) is 5.56 Å². The number of esters is 1. The van der Waals surface area contributed by atoms with E-state index in [4.69, 9.17) is 23.7 Å². The van der Waals surface area contributed by atoms with E-state index in [0.717, 1.165) is 0 Å². The van der Waals surface area contributed by atoms with Gasteiger partial charge in [-0.25, -0.2) is 10.2 Å². The minimum atomic E-state index is -0.826. The van der Waals surface area contributed by atoms with Gasteiger partial charge in [0.2, 0.25) is 6.79 Å². The van der Waals surface area contributed by atoms with E-state index in [1.54, 1.807) is 43.3 Å². The van der Waals surface area contributed by atoms with Crippen LogP contribution in [0.15, 0.2) is 41.5 Å². The highest BCUT2D eigenvalue weighted by Crippen LogP contribution is 2.32. The highest BCUT2D eigenvalue weighted by atomic mass is 16.7. The summed E-state index contributed by atoms with van der Waals surface area (Å²) in [6.07, 6.45) is 1.44. The zero-order valence-corrected chi connectivity index (χ0v) is 21.2. The molecule has 1 aliphatic heterocycles. The molecule has 2 N–H and O–H groups in total. The van der Waals surface area contributed by atoms with Gasteiger partial charge in [0.05, 0.1) is 19.4 Å². The maximum atomic E-state index is 12.8. The van der Waals surface area contributed by atoms with Gasteiger partial charge >= 0.3 is 5.97 Å². The molecule has 3 rings (SSSR count). The molecule has 2 aromatic rings. The number of hydrogen-bond acceptors (Lipinski definition) is 9. The van der Waals surface area contributed by atoms with E-state index in [2.05, 4.69) is 15.8 Å². The summed E-state index contributed by atoms with van der Waals surface area (Å²) in [4.78, 5) is 37.1. The van der Waals surface area contributed by atoms with Crippen LogP contribution < -0.4 is 29.7 Å². The Kier molecular flexibility index (Phi) is 9.70. The summed E-state index contributed by atoms with van der Waals surface area (Å²) < 4.78 is 26.5. The van der Waals surface area contributed by atoms with E-state index in [9.17, 15) is 14.4 Å². The van der Waals surface area contributed by atoms with Crippen LogP contribution in [-0.2, 0) is 14.3 Å². The number of rotatable bonds is 12. The average molecular weight is 514 g/mol. The topological polar surface area (TPSA) is 134 Å². The molecule has 0 fully saturated rings. The zero-order chi connectivity index (χ0) is 26.8. The number of hydrogen-bond donors (Lipinski definition) is 2. The van der Waals surface area contributed by atoms with E-state index < -0.39 is 23.8 Å². The lowest BCUT2D eigenvalue weighted by atomic mass is 10.0. The number of amides is 2. The first-order valence-electron chi connectivity index (χ1n) is 11.9. The fraction of sp³-hybridized carbons (Fsp3) is 0.385. The standard InChI is InChI=1S/C26H31N3O8/c1-5-33-21-11-17(7-9-19(21)35-14-23(30)34-6-2)13-27-29-26(32)24(16(3)4)28-25(31)18-8-10-20-22(12-18)37-15-36-20/h7-13,16,24H,5-6,14-15H2,1-4H3,(H,28,31)(H,29,32). The minimum absolute atomic E-state index is 0.102. The normalized spacial score (nSPS) is 12.8.